The van der Waals surface area contributed by atoms with Gasteiger partial charge in [0.05, 0.1) is 18.8 Å². The summed E-state index contributed by atoms with van der Waals surface area (Å²) in [5.74, 6) is -2.78. The Hall–Kier alpha value is -3.96. The summed E-state index contributed by atoms with van der Waals surface area (Å²) < 4.78 is 106. The van der Waals surface area contributed by atoms with Crippen molar-refractivity contribution >= 4 is 18.2 Å². The number of hydrogen-bond donors (Lipinski definition) is 0. The van der Waals surface area contributed by atoms with Gasteiger partial charge in [-0.1, -0.05) is 6.92 Å². The smallest absolute Gasteiger partial charge is 0.475 e. The first-order chi connectivity index (χ1) is 17.7. The van der Waals surface area contributed by atoms with Crippen LogP contribution in [0.5, 0.6) is 11.5 Å². The molecule has 12 nitrogen and oxygen atoms in total. The summed E-state index contributed by atoms with van der Waals surface area (Å²) in [7, 11) is 0. The molecule has 0 saturated heterocycles. The molecule has 1 atom stereocenters. The summed E-state index contributed by atoms with van der Waals surface area (Å²) in [4.78, 5) is 37.7. The largest absolute Gasteiger partial charge is 0.573 e. The number of alkyl halides is 6. The molecule has 0 fully saturated rings. The molecule has 0 saturated carbocycles. The van der Waals surface area contributed by atoms with Crippen LogP contribution in [-0.4, -0.2) is 69.1 Å². The first-order valence-electron chi connectivity index (χ1n) is 10.4. The SMILES string of the molecule is CCc1cc(OC(F)(F)F)cc2c1O[C@H](C(F)(F)F)C(C(=O)OCOC(=O)OCCOCCO[N+](=O)[O-])=C2. The van der Waals surface area contributed by atoms with Crippen LogP contribution in [0.2, 0.25) is 0 Å². The number of esters is 1. The number of fused-ring (bicyclic) bond motifs is 1. The zero-order valence-corrected chi connectivity index (χ0v) is 19.3. The van der Waals surface area contributed by atoms with E-state index in [0.29, 0.717) is 6.08 Å². The zero-order chi connectivity index (χ0) is 28.5. The second kappa shape index (κ2) is 13.0. The van der Waals surface area contributed by atoms with Gasteiger partial charge in [0.2, 0.25) is 12.9 Å². The lowest BCUT2D eigenvalue weighted by molar-refractivity contribution is -0.758. The number of hydrogen-bond acceptors (Lipinski definition) is 11. The molecule has 0 unspecified atom stereocenters. The fraction of sp³-hybridized carbons (Fsp3) is 0.500. The summed E-state index contributed by atoms with van der Waals surface area (Å²) in [6, 6.07) is 1.60. The lowest BCUT2D eigenvalue weighted by Crippen LogP contribution is -2.41. The average Bonchev–Trinajstić information content (AvgIpc) is 2.80. The molecular formula is C20H19F6NO11. The second-order valence-electron chi connectivity index (χ2n) is 7.00. The molecule has 2 rings (SSSR count). The molecule has 212 valence electrons. The number of halogens is 6. The van der Waals surface area contributed by atoms with Crippen LogP contribution in [0.4, 0.5) is 31.1 Å². The Morgan fingerprint density at radius 3 is 2.32 bits per heavy atom. The third-order valence-corrected chi connectivity index (χ3v) is 4.38. The summed E-state index contributed by atoms with van der Waals surface area (Å²) >= 11 is 0. The number of benzene rings is 1. The Balaban J connectivity index is 2.02. The van der Waals surface area contributed by atoms with Gasteiger partial charge in [-0.25, -0.2) is 9.59 Å². The van der Waals surface area contributed by atoms with Crippen LogP contribution in [0.3, 0.4) is 0 Å². The number of nitrogens with zero attached hydrogens (tertiary/aromatic N) is 1. The van der Waals surface area contributed by atoms with Gasteiger partial charge in [-0.2, -0.15) is 13.2 Å². The fourth-order valence-electron chi connectivity index (χ4n) is 2.94. The molecule has 0 bridgehead atoms. The predicted octanol–water partition coefficient (Wildman–Crippen LogP) is 3.73. The van der Waals surface area contributed by atoms with Crippen molar-refractivity contribution in [2.24, 2.45) is 0 Å². The van der Waals surface area contributed by atoms with E-state index in [2.05, 4.69) is 23.8 Å². The Bertz CT molecular complexity index is 1040. The number of ether oxygens (including phenoxy) is 6. The summed E-state index contributed by atoms with van der Waals surface area (Å²) in [6.45, 7) is -0.888. The highest BCUT2D eigenvalue weighted by atomic mass is 19.4. The molecule has 1 aromatic rings. The summed E-state index contributed by atoms with van der Waals surface area (Å²) in [5.41, 5.74) is -1.47. The number of aryl methyl sites for hydroxylation is 1. The molecule has 0 radical (unpaired) electrons. The number of carbonyl (C=O) groups excluding carboxylic acids is 2. The van der Waals surface area contributed by atoms with Crippen molar-refractivity contribution in [3.05, 3.63) is 38.9 Å². The van der Waals surface area contributed by atoms with E-state index in [0.717, 1.165) is 12.1 Å². The minimum absolute atomic E-state index is 0.0246. The maximum absolute atomic E-state index is 13.6. The first-order valence-corrected chi connectivity index (χ1v) is 10.4. The van der Waals surface area contributed by atoms with Crippen molar-refractivity contribution in [3.63, 3.8) is 0 Å². The van der Waals surface area contributed by atoms with Gasteiger partial charge in [-0.15, -0.1) is 23.3 Å². The predicted molar refractivity (Wildman–Crippen MR) is 108 cm³/mol. The standard InChI is InChI=1S/C20H19F6NO11/c1-2-11-7-13(38-20(24,25)26)8-12-9-14(16(19(21,22)23)37-15(11)12)17(28)34-10-35-18(29)33-5-3-32-4-6-36-27(30)31/h7-9,16H,2-6,10H2,1H3/t16-/m0/s1. The van der Waals surface area contributed by atoms with Crippen molar-refractivity contribution in [2.45, 2.75) is 32.0 Å². The molecule has 0 aliphatic carbocycles. The third-order valence-electron chi connectivity index (χ3n) is 4.38. The van der Waals surface area contributed by atoms with E-state index in [9.17, 15) is 46.0 Å². The van der Waals surface area contributed by atoms with Gasteiger partial charge in [0, 0.05) is 5.56 Å². The van der Waals surface area contributed by atoms with Crippen molar-refractivity contribution in [2.75, 3.05) is 33.2 Å². The molecule has 0 spiro atoms. The van der Waals surface area contributed by atoms with Gasteiger partial charge in [-0.3, -0.25) is 0 Å². The van der Waals surface area contributed by atoms with E-state index in [4.69, 9.17) is 9.47 Å². The fourth-order valence-corrected chi connectivity index (χ4v) is 2.94. The molecule has 1 heterocycles. The van der Waals surface area contributed by atoms with Crippen LogP contribution in [0.15, 0.2) is 17.7 Å². The van der Waals surface area contributed by atoms with E-state index < -0.39 is 59.7 Å². The minimum atomic E-state index is -5.13. The monoisotopic (exact) mass is 563 g/mol. The van der Waals surface area contributed by atoms with Crippen LogP contribution in [0.25, 0.3) is 6.08 Å². The minimum Gasteiger partial charge on any atom is -0.475 e. The first kappa shape index (κ1) is 30.3. The van der Waals surface area contributed by atoms with Crippen LogP contribution in [0.1, 0.15) is 18.1 Å². The lowest BCUT2D eigenvalue weighted by atomic mass is 9.97. The van der Waals surface area contributed by atoms with E-state index >= 15 is 0 Å². The van der Waals surface area contributed by atoms with Crippen molar-refractivity contribution in [1.29, 1.82) is 0 Å². The normalized spacial score (nSPS) is 14.9. The van der Waals surface area contributed by atoms with Crippen LogP contribution in [-0.2, 0) is 35.0 Å². The van der Waals surface area contributed by atoms with Gasteiger partial charge in [0.15, 0.2) is 0 Å². The van der Waals surface area contributed by atoms with E-state index in [1.165, 1.54) is 6.92 Å². The maximum Gasteiger partial charge on any atom is 0.573 e. The van der Waals surface area contributed by atoms with Gasteiger partial charge in [-0.05, 0) is 30.2 Å². The zero-order valence-electron chi connectivity index (χ0n) is 19.3. The Morgan fingerprint density at radius 1 is 1.03 bits per heavy atom. The van der Waals surface area contributed by atoms with Gasteiger partial charge >= 0.3 is 24.7 Å². The van der Waals surface area contributed by atoms with Crippen LogP contribution >= 0.6 is 0 Å². The highest BCUT2D eigenvalue weighted by molar-refractivity contribution is 5.96. The van der Waals surface area contributed by atoms with Crippen molar-refractivity contribution in [1.82, 2.24) is 0 Å². The maximum atomic E-state index is 13.6. The van der Waals surface area contributed by atoms with Crippen LogP contribution in [0, 0.1) is 10.1 Å². The van der Waals surface area contributed by atoms with Crippen molar-refractivity contribution in [3.8, 4) is 11.5 Å². The molecule has 38 heavy (non-hydrogen) atoms. The Kier molecular flexibility index (Phi) is 10.4. The molecule has 1 aliphatic rings. The lowest BCUT2D eigenvalue weighted by Gasteiger charge is -2.29. The summed E-state index contributed by atoms with van der Waals surface area (Å²) in [5, 5.41) is 8.89. The molecule has 1 aliphatic heterocycles. The van der Waals surface area contributed by atoms with Gasteiger partial charge in [0.25, 0.3) is 5.09 Å². The third kappa shape index (κ3) is 9.49. The van der Waals surface area contributed by atoms with Gasteiger partial charge in [0.1, 0.15) is 24.7 Å². The second-order valence-corrected chi connectivity index (χ2v) is 7.00. The highest BCUT2D eigenvalue weighted by Crippen LogP contribution is 2.42. The Labute approximate surface area is 209 Å². The molecule has 1 aromatic carbocycles. The van der Waals surface area contributed by atoms with Gasteiger partial charge < -0.3 is 33.3 Å². The average molecular weight is 563 g/mol. The molecule has 18 heteroatoms. The number of rotatable bonds is 12. The summed E-state index contributed by atoms with van der Waals surface area (Å²) in [6.07, 6.45) is -13.8. The number of carbonyl (C=O) groups is 2. The molecule has 0 amide bonds. The van der Waals surface area contributed by atoms with E-state index in [1.807, 2.05) is 0 Å². The van der Waals surface area contributed by atoms with E-state index in [1.54, 1.807) is 0 Å². The Morgan fingerprint density at radius 2 is 1.71 bits per heavy atom. The molecule has 0 N–H and O–H groups in total. The topological polar surface area (TPSA) is 142 Å². The highest BCUT2D eigenvalue weighted by Gasteiger charge is 2.49. The molecule has 0 aromatic heterocycles. The van der Waals surface area contributed by atoms with Crippen LogP contribution < -0.4 is 9.47 Å². The quantitative estimate of drug-likeness (QED) is 0.0917. The van der Waals surface area contributed by atoms with Crippen molar-refractivity contribution < 1.29 is 74.3 Å². The van der Waals surface area contributed by atoms with E-state index in [-0.39, 0.29) is 44.0 Å². The molecular weight excluding hydrogens is 544 g/mol.